The fourth-order valence-electron chi connectivity index (χ4n) is 8.45. The summed E-state index contributed by atoms with van der Waals surface area (Å²) in [6.45, 7) is 6.66. The van der Waals surface area contributed by atoms with E-state index < -0.39 is 6.10 Å². The van der Waals surface area contributed by atoms with E-state index in [0.717, 1.165) is 57.8 Å². The number of esters is 3. The molecule has 0 aliphatic rings. The van der Waals surface area contributed by atoms with Crippen molar-refractivity contribution in [3.8, 4) is 0 Å². The maximum atomic E-state index is 12.8. The highest BCUT2D eigenvalue weighted by atomic mass is 16.6. The summed E-state index contributed by atoms with van der Waals surface area (Å²) in [5.74, 6) is -0.844. The van der Waals surface area contributed by atoms with Gasteiger partial charge in [0.25, 0.3) is 0 Å². The Hall–Kier alpha value is -1.59. The van der Waals surface area contributed by atoms with Crippen LogP contribution in [0.3, 0.4) is 0 Å². The number of rotatable bonds is 51. The SMILES string of the molecule is CCCCCCCCCCCCCCCCCCCCCCCCC(=O)OCC(COC(=O)CCCCCCCCCC)OC(=O)CCCCCCCCCCCCCCC. The molecule has 0 spiro atoms. The lowest BCUT2D eigenvalue weighted by molar-refractivity contribution is -0.167. The first-order valence-electron chi connectivity index (χ1n) is 27.5. The van der Waals surface area contributed by atoms with Crippen LogP contribution in [0.15, 0.2) is 0 Å². The second-order valence-corrected chi connectivity index (χ2v) is 18.9. The van der Waals surface area contributed by atoms with Gasteiger partial charge in [0.15, 0.2) is 6.10 Å². The van der Waals surface area contributed by atoms with Gasteiger partial charge in [-0.2, -0.15) is 0 Å². The molecule has 6 nitrogen and oxygen atoms in total. The molecule has 61 heavy (non-hydrogen) atoms. The van der Waals surface area contributed by atoms with Crippen LogP contribution in [0.5, 0.6) is 0 Å². The highest BCUT2D eigenvalue weighted by molar-refractivity contribution is 5.71. The molecule has 0 radical (unpaired) electrons. The molecule has 0 rings (SSSR count). The predicted octanol–water partition coefficient (Wildman–Crippen LogP) is 18.0. The highest BCUT2D eigenvalue weighted by Crippen LogP contribution is 2.17. The molecule has 1 unspecified atom stereocenters. The summed E-state index contributed by atoms with van der Waals surface area (Å²) in [5.41, 5.74) is 0. The molecule has 0 bridgehead atoms. The van der Waals surface area contributed by atoms with Crippen LogP contribution in [0.4, 0.5) is 0 Å². The zero-order valence-corrected chi connectivity index (χ0v) is 41.5. The average Bonchev–Trinajstić information content (AvgIpc) is 3.26. The van der Waals surface area contributed by atoms with Crippen molar-refractivity contribution in [1.82, 2.24) is 0 Å². The van der Waals surface area contributed by atoms with Gasteiger partial charge in [-0.3, -0.25) is 14.4 Å². The second kappa shape index (κ2) is 51.0. The molecule has 0 aromatic carbocycles. The Morgan fingerprint density at radius 2 is 0.443 bits per heavy atom. The Morgan fingerprint density at radius 1 is 0.262 bits per heavy atom. The largest absolute Gasteiger partial charge is 0.462 e. The monoisotopic (exact) mass is 863 g/mol. The van der Waals surface area contributed by atoms with Gasteiger partial charge < -0.3 is 14.2 Å². The standard InChI is InChI=1S/C55H106O6/c1-4-7-10-13-16-19-21-23-24-25-26-27-28-29-30-31-33-34-36-39-42-45-48-54(57)60-51-52(50-59-53(56)47-44-41-38-18-15-12-9-6-3)61-55(58)49-46-43-40-37-35-32-22-20-17-14-11-8-5-2/h52H,4-51H2,1-3H3. The van der Waals surface area contributed by atoms with Gasteiger partial charge in [-0.25, -0.2) is 0 Å². The summed E-state index contributed by atoms with van der Waals surface area (Å²) in [6, 6.07) is 0. The maximum Gasteiger partial charge on any atom is 0.306 e. The molecular formula is C55H106O6. The molecule has 0 saturated heterocycles. The topological polar surface area (TPSA) is 78.9 Å². The van der Waals surface area contributed by atoms with Crippen molar-refractivity contribution in [3.05, 3.63) is 0 Å². The van der Waals surface area contributed by atoms with E-state index in [1.54, 1.807) is 0 Å². The van der Waals surface area contributed by atoms with E-state index in [9.17, 15) is 14.4 Å². The molecule has 6 heteroatoms. The molecule has 0 saturated carbocycles. The molecule has 0 heterocycles. The first-order chi connectivity index (χ1) is 30.0. The van der Waals surface area contributed by atoms with E-state index in [4.69, 9.17) is 14.2 Å². The summed E-state index contributed by atoms with van der Waals surface area (Å²) in [7, 11) is 0. The van der Waals surface area contributed by atoms with Crippen molar-refractivity contribution in [1.29, 1.82) is 0 Å². The first kappa shape index (κ1) is 59.4. The lowest BCUT2D eigenvalue weighted by atomic mass is 10.0. The zero-order valence-electron chi connectivity index (χ0n) is 41.5. The summed E-state index contributed by atoms with van der Waals surface area (Å²) in [4.78, 5) is 37.9. The van der Waals surface area contributed by atoms with Crippen molar-refractivity contribution in [2.24, 2.45) is 0 Å². The predicted molar refractivity (Wildman–Crippen MR) is 261 cm³/mol. The number of carbonyl (C=O) groups excluding carboxylic acids is 3. The van der Waals surface area contributed by atoms with Crippen LogP contribution in [0, 0.1) is 0 Å². The van der Waals surface area contributed by atoms with Crippen molar-refractivity contribution < 1.29 is 28.6 Å². The summed E-state index contributed by atoms with van der Waals surface area (Å²) in [5, 5.41) is 0. The summed E-state index contributed by atoms with van der Waals surface area (Å²) < 4.78 is 16.8. The number of ether oxygens (including phenoxy) is 3. The second-order valence-electron chi connectivity index (χ2n) is 18.9. The Labute approximate surface area is 380 Å². The molecule has 0 aromatic rings. The van der Waals surface area contributed by atoms with Crippen molar-refractivity contribution in [2.45, 2.75) is 322 Å². The van der Waals surface area contributed by atoms with E-state index >= 15 is 0 Å². The Morgan fingerprint density at radius 3 is 0.656 bits per heavy atom. The fourth-order valence-corrected chi connectivity index (χ4v) is 8.45. The minimum atomic E-state index is -0.759. The van der Waals surface area contributed by atoms with Gasteiger partial charge in [0, 0.05) is 19.3 Å². The normalized spacial score (nSPS) is 11.9. The molecule has 0 aromatic heterocycles. The van der Waals surface area contributed by atoms with Crippen molar-refractivity contribution >= 4 is 17.9 Å². The van der Waals surface area contributed by atoms with E-state index in [0.29, 0.717) is 19.3 Å². The van der Waals surface area contributed by atoms with Crippen LogP contribution >= 0.6 is 0 Å². The average molecular weight is 863 g/mol. The van der Waals surface area contributed by atoms with E-state index in [1.165, 1.54) is 218 Å². The third-order valence-corrected chi connectivity index (χ3v) is 12.6. The minimum Gasteiger partial charge on any atom is -0.462 e. The van der Waals surface area contributed by atoms with Crippen molar-refractivity contribution in [2.75, 3.05) is 13.2 Å². The molecule has 0 fully saturated rings. The molecule has 0 N–H and O–H groups in total. The molecule has 1 atom stereocenters. The minimum absolute atomic E-state index is 0.0620. The van der Waals surface area contributed by atoms with Crippen LogP contribution in [-0.2, 0) is 28.6 Å². The maximum absolute atomic E-state index is 12.8. The lowest BCUT2D eigenvalue weighted by Crippen LogP contribution is -2.30. The van der Waals surface area contributed by atoms with Gasteiger partial charge in [0.2, 0.25) is 0 Å². The van der Waals surface area contributed by atoms with Gasteiger partial charge in [-0.1, -0.05) is 278 Å². The quantitative estimate of drug-likeness (QED) is 0.0344. The van der Waals surface area contributed by atoms with Gasteiger partial charge in [-0.05, 0) is 19.3 Å². The third kappa shape index (κ3) is 49.3. The molecule has 362 valence electrons. The van der Waals surface area contributed by atoms with E-state index in [1.807, 2.05) is 0 Å². The number of unbranched alkanes of at least 4 members (excludes halogenated alkanes) is 40. The zero-order chi connectivity index (χ0) is 44.4. The van der Waals surface area contributed by atoms with Crippen LogP contribution < -0.4 is 0 Å². The summed E-state index contributed by atoms with van der Waals surface area (Å²) >= 11 is 0. The molecule has 0 aliphatic carbocycles. The smallest absolute Gasteiger partial charge is 0.306 e. The van der Waals surface area contributed by atoms with Crippen LogP contribution in [-0.4, -0.2) is 37.2 Å². The molecule has 0 amide bonds. The first-order valence-corrected chi connectivity index (χ1v) is 27.5. The molecular weight excluding hydrogens is 757 g/mol. The fraction of sp³-hybridized carbons (Fsp3) is 0.945. The molecule has 0 aliphatic heterocycles. The van der Waals surface area contributed by atoms with Crippen LogP contribution in [0.25, 0.3) is 0 Å². The lowest BCUT2D eigenvalue weighted by Gasteiger charge is -2.18. The number of hydrogen-bond donors (Lipinski definition) is 0. The van der Waals surface area contributed by atoms with Gasteiger partial charge >= 0.3 is 17.9 Å². The van der Waals surface area contributed by atoms with Gasteiger partial charge in [0.05, 0.1) is 0 Å². The van der Waals surface area contributed by atoms with Crippen molar-refractivity contribution in [3.63, 3.8) is 0 Å². The highest BCUT2D eigenvalue weighted by Gasteiger charge is 2.19. The third-order valence-electron chi connectivity index (χ3n) is 12.6. The Bertz CT molecular complexity index is 905. The Balaban J connectivity index is 4.12. The van der Waals surface area contributed by atoms with Crippen LogP contribution in [0.1, 0.15) is 316 Å². The van der Waals surface area contributed by atoms with E-state index in [2.05, 4.69) is 20.8 Å². The van der Waals surface area contributed by atoms with Gasteiger partial charge in [0.1, 0.15) is 13.2 Å². The number of carbonyl (C=O) groups is 3. The Kier molecular flexibility index (Phi) is 49.7. The van der Waals surface area contributed by atoms with Crippen LogP contribution in [0.2, 0.25) is 0 Å². The van der Waals surface area contributed by atoms with Gasteiger partial charge in [-0.15, -0.1) is 0 Å². The summed E-state index contributed by atoms with van der Waals surface area (Å²) in [6.07, 6.45) is 55.4. The number of hydrogen-bond acceptors (Lipinski definition) is 6. The van der Waals surface area contributed by atoms with E-state index in [-0.39, 0.29) is 31.1 Å².